The Hall–Kier alpha value is -1.95. The highest BCUT2D eigenvalue weighted by Gasteiger charge is 2.15. The number of aryl methyl sites for hydroxylation is 3. The molecule has 0 amide bonds. The maximum atomic E-state index is 10.9. The maximum absolute atomic E-state index is 10.9. The standard InChI is InChI=1S/C13H15ClN4O2/c1-9-7-13(18(19)20)10(2)6-12(9)17-8-11(15-16-17)4-3-5-14/h6-8H,3-5H2,1-2H3. The quantitative estimate of drug-likeness (QED) is 0.483. The molecule has 20 heavy (non-hydrogen) atoms. The zero-order valence-corrected chi connectivity index (χ0v) is 12.1. The second-order valence-electron chi connectivity index (χ2n) is 4.63. The first-order valence-corrected chi connectivity index (χ1v) is 6.79. The summed E-state index contributed by atoms with van der Waals surface area (Å²) in [5.74, 6) is 0.586. The summed E-state index contributed by atoms with van der Waals surface area (Å²) in [6.45, 7) is 3.54. The third-order valence-corrected chi connectivity index (χ3v) is 3.33. The number of hydrogen-bond donors (Lipinski definition) is 0. The molecule has 1 aromatic heterocycles. The monoisotopic (exact) mass is 294 g/mol. The van der Waals surface area contributed by atoms with Gasteiger partial charge in [0.05, 0.1) is 22.5 Å². The third kappa shape index (κ3) is 2.96. The topological polar surface area (TPSA) is 73.8 Å². The fraction of sp³-hybridized carbons (Fsp3) is 0.385. The zero-order chi connectivity index (χ0) is 14.7. The number of benzene rings is 1. The van der Waals surface area contributed by atoms with E-state index < -0.39 is 0 Å². The van der Waals surface area contributed by atoms with E-state index in [1.54, 1.807) is 23.7 Å². The van der Waals surface area contributed by atoms with Gasteiger partial charge in [-0.15, -0.1) is 16.7 Å². The van der Waals surface area contributed by atoms with Gasteiger partial charge in [0, 0.05) is 17.5 Å². The molecule has 1 aromatic carbocycles. The highest BCUT2D eigenvalue weighted by molar-refractivity contribution is 6.17. The first-order valence-electron chi connectivity index (χ1n) is 6.26. The van der Waals surface area contributed by atoms with Crippen LogP contribution in [0.25, 0.3) is 5.69 Å². The van der Waals surface area contributed by atoms with E-state index in [-0.39, 0.29) is 10.6 Å². The molecule has 106 valence electrons. The molecule has 0 aliphatic carbocycles. The van der Waals surface area contributed by atoms with Crippen molar-refractivity contribution in [2.75, 3.05) is 5.88 Å². The number of nitrogens with zero attached hydrogens (tertiary/aromatic N) is 4. The first kappa shape index (κ1) is 14.5. The molecule has 0 radical (unpaired) electrons. The van der Waals surface area contributed by atoms with Crippen molar-refractivity contribution >= 4 is 17.3 Å². The van der Waals surface area contributed by atoms with E-state index in [9.17, 15) is 10.1 Å². The van der Waals surface area contributed by atoms with Crippen LogP contribution in [0.2, 0.25) is 0 Å². The van der Waals surface area contributed by atoms with E-state index in [0.717, 1.165) is 29.8 Å². The van der Waals surface area contributed by atoms with Gasteiger partial charge in [-0.1, -0.05) is 5.21 Å². The van der Waals surface area contributed by atoms with E-state index in [4.69, 9.17) is 11.6 Å². The summed E-state index contributed by atoms with van der Waals surface area (Å²) in [6.07, 6.45) is 3.45. The number of nitro groups is 1. The lowest BCUT2D eigenvalue weighted by atomic mass is 10.1. The second-order valence-corrected chi connectivity index (χ2v) is 5.01. The van der Waals surface area contributed by atoms with Crippen molar-refractivity contribution < 1.29 is 4.92 Å². The van der Waals surface area contributed by atoms with Gasteiger partial charge < -0.3 is 0 Å². The molecule has 0 N–H and O–H groups in total. The van der Waals surface area contributed by atoms with Crippen LogP contribution in [0.5, 0.6) is 0 Å². The van der Waals surface area contributed by atoms with Gasteiger partial charge in [0.15, 0.2) is 0 Å². The van der Waals surface area contributed by atoms with Crippen LogP contribution in [-0.4, -0.2) is 25.8 Å². The molecular formula is C13H15ClN4O2. The highest BCUT2D eigenvalue weighted by Crippen LogP contribution is 2.24. The Bertz CT molecular complexity index is 639. The summed E-state index contributed by atoms with van der Waals surface area (Å²) in [6, 6.07) is 3.32. The summed E-state index contributed by atoms with van der Waals surface area (Å²) in [7, 11) is 0. The lowest BCUT2D eigenvalue weighted by Gasteiger charge is -2.06. The Kier molecular flexibility index (Phi) is 4.34. The lowest BCUT2D eigenvalue weighted by Crippen LogP contribution is -2.01. The molecular weight excluding hydrogens is 280 g/mol. The first-order chi connectivity index (χ1) is 9.52. The van der Waals surface area contributed by atoms with Crippen LogP contribution in [0.3, 0.4) is 0 Å². The number of hydrogen-bond acceptors (Lipinski definition) is 4. The summed E-state index contributed by atoms with van der Waals surface area (Å²) in [5.41, 5.74) is 3.18. The van der Waals surface area contributed by atoms with Gasteiger partial charge in [0.2, 0.25) is 0 Å². The van der Waals surface area contributed by atoms with Gasteiger partial charge in [0.25, 0.3) is 5.69 Å². The van der Waals surface area contributed by atoms with E-state index in [1.807, 2.05) is 13.1 Å². The molecule has 0 atom stereocenters. The molecule has 0 bridgehead atoms. The minimum Gasteiger partial charge on any atom is -0.258 e. The van der Waals surface area contributed by atoms with Gasteiger partial charge in [0.1, 0.15) is 0 Å². The molecule has 2 rings (SSSR count). The molecule has 0 saturated carbocycles. The second kappa shape index (κ2) is 6.00. The summed E-state index contributed by atoms with van der Waals surface area (Å²) in [4.78, 5) is 10.5. The molecule has 6 nitrogen and oxygen atoms in total. The molecule has 0 spiro atoms. The van der Waals surface area contributed by atoms with Crippen molar-refractivity contribution in [2.24, 2.45) is 0 Å². The van der Waals surface area contributed by atoms with E-state index in [2.05, 4.69) is 10.3 Å². The zero-order valence-electron chi connectivity index (χ0n) is 11.3. The fourth-order valence-electron chi connectivity index (χ4n) is 2.01. The largest absolute Gasteiger partial charge is 0.272 e. The Morgan fingerprint density at radius 1 is 1.35 bits per heavy atom. The van der Waals surface area contributed by atoms with Crippen molar-refractivity contribution in [1.82, 2.24) is 15.0 Å². The van der Waals surface area contributed by atoms with Crippen LogP contribution >= 0.6 is 11.6 Å². The number of alkyl halides is 1. The minimum atomic E-state index is -0.376. The Morgan fingerprint density at radius 3 is 2.75 bits per heavy atom. The normalized spacial score (nSPS) is 10.8. The third-order valence-electron chi connectivity index (χ3n) is 3.07. The maximum Gasteiger partial charge on any atom is 0.272 e. The fourth-order valence-corrected chi connectivity index (χ4v) is 2.14. The lowest BCUT2D eigenvalue weighted by molar-refractivity contribution is -0.385. The van der Waals surface area contributed by atoms with Crippen LogP contribution in [0, 0.1) is 24.0 Å². The highest BCUT2D eigenvalue weighted by atomic mass is 35.5. The van der Waals surface area contributed by atoms with Crippen LogP contribution in [0.1, 0.15) is 23.2 Å². The average molecular weight is 295 g/mol. The number of rotatable bonds is 5. The predicted molar refractivity (Wildman–Crippen MR) is 76.5 cm³/mol. The smallest absolute Gasteiger partial charge is 0.258 e. The van der Waals surface area contributed by atoms with Crippen LogP contribution in [-0.2, 0) is 6.42 Å². The van der Waals surface area contributed by atoms with Gasteiger partial charge >= 0.3 is 0 Å². The Labute approximate surface area is 121 Å². The molecule has 0 unspecified atom stereocenters. The summed E-state index contributed by atoms with van der Waals surface area (Å²) in [5, 5.41) is 19.1. The van der Waals surface area contributed by atoms with Crippen molar-refractivity contribution in [3.8, 4) is 5.69 Å². The summed E-state index contributed by atoms with van der Waals surface area (Å²) >= 11 is 5.65. The molecule has 2 aromatic rings. The van der Waals surface area contributed by atoms with Gasteiger partial charge in [-0.2, -0.15) is 0 Å². The Morgan fingerprint density at radius 2 is 2.10 bits per heavy atom. The van der Waals surface area contributed by atoms with E-state index in [1.165, 1.54) is 0 Å². The average Bonchev–Trinajstić information content (AvgIpc) is 2.86. The molecule has 7 heteroatoms. The number of nitro benzene ring substituents is 1. The van der Waals surface area contributed by atoms with E-state index >= 15 is 0 Å². The van der Waals surface area contributed by atoms with Gasteiger partial charge in [-0.3, -0.25) is 10.1 Å². The molecule has 0 fully saturated rings. The molecule has 1 heterocycles. The number of aromatic nitrogens is 3. The number of halogens is 1. The van der Waals surface area contributed by atoms with Crippen LogP contribution in [0.15, 0.2) is 18.3 Å². The Balaban J connectivity index is 2.35. The van der Waals surface area contributed by atoms with Gasteiger partial charge in [-0.25, -0.2) is 4.68 Å². The van der Waals surface area contributed by atoms with Crippen LogP contribution < -0.4 is 0 Å². The van der Waals surface area contributed by atoms with Crippen molar-refractivity contribution in [1.29, 1.82) is 0 Å². The van der Waals surface area contributed by atoms with Gasteiger partial charge in [-0.05, 0) is 38.3 Å². The SMILES string of the molecule is Cc1cc([N+](=O)[O-])c(C)cc1-n1cc(CCCCl)nn1. The molecule has 0 aliphatic rings. The molecule has 0 saturated heterocycles. The van der Waals surface area contributed by atoms with Crippen molar-refractivity contribution in [3.63, 3.8) is 0 Å². The summed E-state index contributed by atoms with van der Waals surface area (Å²) < 4.78 is 1.65. The van der Waals surface area contributed by atoms with Crippen molar-refractivity contribution in [2.45, 2.75) is 26.7 Å². The van der Waals surface area contributed by atoms with Crippen molar-refractivity contribution in [3.05, 3.63) is 45.3 Å². The minimum absolute atomic E-state index is 0.119. The predicted octanol–water partition coefficient (Wildman–Crippen LogP) is 2.96. The van der Waals surface area contributed by atoms with E-state index in [0.29, 0.717) is 11.4 Å². The molecule has 0 aliphatic heterocycles. The van der Waals surface area contributed by atoms with Crippen LogP contribution in [0.4, 0.5) is 5.69 Å².